The highest BCUT2D eigenvalue weighted by Gasteiger charge is 2.29. The molecule has 4 rings (SSSR count). The van der Waals surface area contributed by atoms with Crippen molar-refractivity contribution in [3.8, 4) is 0 Å². The maximum absolute atomic E-state index is 10.8. The van der Waals surface area contributed by atoms with E-state index in [9.17, 15) is 5.11 Å². The van der Waals surface area contributed by atoms with Crippen molar-refractivity contribution in [1.29, 1.82) is 0 Å². The van der Waals surface area contributed by atoms with E-state index in [1.807, 2.05) is 0 Å². The number of aliphatic hydroxyl groups excluding tert-OH is 1. The van der Waals surface area contributed by atoms with Gasteiger partial charge in [0.25, 0.3) is 0 Å². The largest absolute Gasteiger partial charge is 0.388 e. The van der Waals surface area contributed by atoms with Crippen molar-refractivity contribution >= 4 is 0 Å². The number of aliphatic hydroxyl groups is 1. The first kappa shape index (κ1) is 17.8. The Balaban J connectivity index is 1.41. The summed E-state index contributed by atoms with van der Waals surface area (Å²) in [4.78, 5) is 2.63. The minimum Gasteiger partial charge on any atom is -0.388 e. The van der Waals surface area contributed by atoms with E-state index < -0.39 is 0 Å². The van der Waals surface area contributed by atoms with Crippen LogP contribution in [0.4, 0.5) is 0 Å². The number of benzene rings is 2. The topological polar surface area (TPSA) is 23.5 Å². The predicted molar refractivity (Wildman–Crippen MR) is 108 cm³/mol. The lowest BCUT2D eigenvalue weighted by Crippen LogP contribution is -2.28. The van der Waals surface area contributed by atoms with Crippen molar-refractivity contribution in [2.45, 2.75) is 51.6 Å². The van der Waals surface area contributed by atoms with E-state index in [1.54, 1.807) is 0 Å². The van der Waals surface area contributed by atoms with E-state index in [-0.39, 0.29) is 6.10 Å². The first-order valence-electron chi connectivity index (χ1n) is 10.2. The molecule has 1 aliphatic carbocycles. The molecule has 0 spiro atoms. The predicted octanol–water partition coefficient (Wildman–Crippen LogP) is 4.78. The van der Waals surface area contributed by atoms with Crippen LogP contribution < -0.4 is 0 Å². The third-order valence-electron chi connectivity index (χ3n) is 6.43. The van der Waals surface area contributed by atoms with Gasteiger partial charge in [0.2, 0.25) is 0 Å². The molecule has 2 aromatic rings. The van der Waals surface area contributed by atoms with Crippen LogP contribution in [0.1, 0.15) is 59.1 Å². The standard InChI is InChI=1S/C24H31NO/c1-17-12-18(2)22-9-8-19(14-24(26)23(22)13-17)15-25-11-10-21(16-25)20-6-4-3-5-7-20/h3-7,12-13,19,21,24,26H,8-11,14-16H2,1-2H3. The van der Waals surface area contributed by atoms with Crippen LogP contribution in [0.5, 0.6) is 0 Å². The SMILES string of the molecule is Cc1cc(C)c2c(c1)C(O)CC(CN1CCC(c3ccccc3)C1)CC2. The molecule has 138 valence electrons. The van der Waals surface area contributed by atoms with E-state index >= 15 is 0 Å². The maximum Gasteiger partial charge on any atom is 0.0796 e. The second-order valence-corrected chi connectivity index (χ2v) is 8.46. The monoisotopic (exact) mass is 349 g/mol. The fraction of sp³-hybridized carbons (Fsp3) is 0.500. The van der Waals surface area contributed by atoms with Gasteiger partial charge in [0.05, 0.1) is 6.10 Å². The van der Waals surface area contributed by atoms with E-state index in [0.717, 1.165) is 19.4 Å². The van der Waals surface area contributed by atoms with Gasteiger partial charge in [-0.25, -0.2) is 0 Å². The number of rotatable bonds is 3. The van der Waals surface area contributed by atoms with Crippen LogP contribution in [0, 0.1) is 19.8 Å². The summed E-state index contributed by atoms with van der Waals surface area (Å²) >= 11 is 0. The van der Waals surface area contributed by atoms with Crippen LogP contribution in [0.25, 0.3) is 0 Å². The maximum atomic E-state index is 10.8. The van der Waals surface area contributed by atoms with E-state index in [2.05, 4.69) is 61.2 Å². The van der Waals surface area contributed by atoms with Gasteiger partial charge in [-0.2, -0.15) is 0 Å². The highest BCUT2D eigenvalue weighted by molar-refractivity contribution is 5.40. The summed E-state index contributed by atoms with van der Waals surface area (Å²) in [5.74, 6) is 1.26. The van der Waals surface area contributed by atoms with Gasteiger partial charge in [-0.1, -0.05) is 48.0 Å². The molecule has 1 heterocycles. The molecule has 3 unspecified atom stereocenters. The second kappa shape index (κ2) is 7.54. The summed E-state index contributed by atoms with van der Waals surface area (Å²) in [7, 11) is 0. The Kier molecular flexibility index (Phi) is 5.15. The van der Waals surface area contributed by atoms with E-state index in [1.165, 1.54) is 53.7 Å². The first-order valence-corrected chi connectivity index (χ1v) is 10.2. The molecule has 2 nitrogen and oxygen atoms in total. The van der Waals surface area contributed by atoms with Gasteiger partial charge >= 0.3 is 0 Å². The van der Waals surface area contributed by atoms with Crippen molar-refractivity contribution < 1.29 is 5.11 Å². The Morgan fingerprint density at radius 2 is 1.88 bits per heavy atom. The van der Waals surface area contributed by atoms with Crippen LogP contribution in [0.2, 0.25) is 0 Å². The average Bonchev–Trinajstić information content (AvgIpc) is 3.03. The zero-order chi connectivity index (χ0) is 18.1. The third kappa shape index (κ3) is 3.72. The Morgan fingerprint density at radius 3 is 2.69 bits per heavy atom. The number of aryl methyl sites for hydroxylation is 2. The highest BCUT2D eigenvalue weighted by Crippen LogP contribution is 2.36. The van der Waals surface area contributed by atoms with Gasteiger partial charge in [0.15, 0.2) is 0 Å². The molecule has 3 atom stereocenters. The number of hydrogen-bond donors (Lipinski definition) is 1. The minimum atomic E-state index is -0.302. The molecule has 2 aromatic carbocycles. The molecule has 1 N–H and O–H groups in total. The summed E-state index contributed by atoms with van der Waals surface area (Å²) in [6, 6.07) is 15.4. The fourth-order valence-electron chi connectivity index (χ4n) is 5.10. The summed E-state index contributed by atoms with van der Waals surface area (Å²) < 4.78 is 0. The van der Waals surface area contributed by atoms with Gasteiger partial charge in [-0.15, -0.1) is 0 Å². The molecule has 2 heteroatoms. The molecule has 0 saturated carbocycles. The molecule has 0 radical (unpaired) electrons. The Bertz CT molecular complexity index is 754. The van der Waals surface area contributed by atoms with Crippen LogP contribution in [0.3, 0.4) is 0 Å². The third-order valence-corrected chi connectivity index (χ3v) is 6.43. The van der Waals surface area contributed by atoms with Crippen molar-refractivity contribution in [3.05, 3.63) is 70.3 Å². The molecular weight excluding hydrogens is 318 g/mol. The highest BCUT2D eigenvalue weighted by atomic mass is 16.3. The summed E-state index contributed by atoms with van der Waals surface area (Å²) in [6.07, 6.45) is 4.17. The average molecular weight is 350 g/mol. The summed E-state index contributed by atoms with van der Waals surface area (Å²) in [5, 5.41) is 10.8. The van der Waals surface area contributed by atoms with Gasteiger partial charge in [0.1, 0.15) is 0 Å². The molecular formula is C24H31NO. The minimum absolute atomic E-state index is 0.302. The first-order chi connectivity index (χ1) is 12.6. The number of fused-ring (bicyclic) bond motifs is 1. The molecule has 26 heavy (non-hydrogen) atoms. The molecule has 1 aliphatic heterocycles. The summed E-state index contributed by atoms with van der Waals surface area (Å²) in [5.41, 5.74) is 6.69. The number of nitrogens with zero attached hydrogens (tertiary/aromatic N) is 1. The number of hydrogen-bond acceptors (Lipinski definition) is 2. The lowest BCUT2D eigenvalue weighted by molar-refractivity contribution is 0.131. The Morgan fingerprint density at radius 1 is 1.08 bits per heavy atom. The van der Waals surface area contributed by atoms with Crippen molar-refractivity contribution in [2.24, 2.45) is 5.92 Å². The molecule has 0 bridgehead atoms. The quantitative estimate of drug-likeness (QED) is 0.806. The molecule has 2 aliphatic rings. The molecule has 1 fully saturated rings. The number of likely N-dealkylation sites (tertiary alicyclic amines) is 1. The van der Waals surface area contributed by atoms with E-state index in [4.69, 9.17) is 0 Å². The zero-order valence-corrected chi connectivity index (χ0v) is 16.1. The van der Waals surface area contributed by atoms with Gasteiger partial charge in [-0.3, -0.25) is 0 Å². The molecule has 0 amide bonds. The van der Waals surface area contributed by atoms with Crippen LogP contribution in [-0.2, 0) is 6.42 Å². The van der Waals surface area contributed by atoms with Crippen molar-refractivity contribution in [3.63, 3.8) is 0 Å². The van der Waals surface area contributed by atoms with Crippen LogP contribution >= 0.6 is 0 Å². The molecule has 1 saturated heterocycles. The molecule has 0 aromatic heterocycles. The second-order valence-electron chi connectivity index (χ2n) is 8.46. The lowest BCUT2D eigenvalue weighted by Gasteiger charge is -2.24. The Hall–Kier alpha value is -1.64. The van der Waals surface area contributed by atoms with Crippen molar-refractivity contribution in [1.82, 2.24) is 4.90 Å². The zero-order valence-electron chi connectivity index (χ0n) is 16.1. The lowest BCUT2D eigenvalue weighted by atomic mass is 9.94. The van der Waals surface area contributed by atoms with E-state index in [0.29, 0.717) is 11.8 Å². The van der Waals surface area contributed by atoms with Gasteiger partial charge in [-0.05, 0) is 80.2 Å². The van der Waals surface area contributed by atoms with Gasteiger partial charge < -0.3 is 10.0 Å². The fourth-order valence-corrected chi connectivity index (χ4v) is 5.10. The summed E-state index contributed by atoms with van der Waals surface area (Å²) in [6.45, 7) is 7.82. The van der Waals surface area contributed by atoms with Crippen LogP contribution in [-0.4, -0.2) is 29.6 Å². The normalized spacial score (nSPS) is 26.5. The Labute approximate surface area is 157 Å². The van der Waals surface area contributed by atoms with Gasteiger partial charge in [0, 0.05) is 13.1 Å². The van der Waals surface area contributed by atoms with Crippen molar-refractivity contribution in [2.75, 3.05) is 19.6 Å². The smallest absolute Gasteiger partial charge is 0.0796 e. The van der Waals surface area contributed by atoms with Crippen LogP contribution in [0.15, 0.2) is 42.5 Å².